The maximum Gasteiger partial charge on any atom is 0.138 e. The number of benzene rings is 2. The molecule has 0 amide bonds. The second-order valence-corrected chi connectivity index (χ2v) is 5.92. The summed E-state index contributed by atoms with van der Waals surface area (Å²) in [6.07, 6.45) is 2.21. The Morgan fingerprint density at radius 2 is 1.74 bits per heavy atom. The van der Waals surface area contributed by atoms with Crippen LogP contribution in [-0.2, 0) is 0 Å². The first-order chi connectivity index (χ1) is 11.2. The summed E-state index contributed by atoms with van der Waals surface area (Å²) in [5.74, 6) is 1.53. The molecule has 0 spiro atoms. The summed E-state index contributed by atoms with van der Waals surface area (Å²) >= 11 is 11.9. The van der Waals surface area contributed by atoms with Crippen molar-refractivity contribution < 1.29 is 9.47 Å². The van der Waals surface area contributed by atoms with E-state index in [4.69, 9.17) is 32.7 Å². The van der Waals surface area contributed by atoms with Gasteiger partial charge in [0, 0.05) is 17.3 Å². The lowest BCUT2D eigenvalue weighted by atomic mass is 10.3. The summed E-state index contributed by atoms with van der Waals surface area (Å²) in [5.41, 5.74) is 1.03. The maximum atomic E-state index is 6.05. The first-order valence-corrected chi connectivity index (χ1v) is 8.49. The lowest BCUT2D eigenvalue weighted by Crippen LogP contribution is -2.11. The minimum Gasteiger partial charge on any atom is -0.494 e. The molecule has 0 saturated heterocycles. The predicted molar refractivity (Wildman–Crippen MR) is 97.3 cm³/mol. The van der Waals surface area contributed by atoms with Gasteiger partial charge in [-0.2, -0.15) is 0 Å². The number of anilines is 1. The molecule has 23 heavy (non-hydrogen) atoms. The van der Waals surface area contributed by atoms with E-state index in [0.29, 0.717) is 28.9 Å². The van der Waals surface area contributed by atoms with Gasteiger partial charge >= 0.3 is 0 Å². The highest BCUT2D eigenvalue weighted by atomic mass is 35.5. The van der Waals surface area contributed by atoms with Crippen LogP contribution in [0.3, 0.4) is 0 Å². The predicted octanol–water partition coefficient (Wildman–Crippen LogP) is 5.66. The summed E-state index contributed by atoms with van der Waals surface area (Å²) in [5, 5.41) is 4.41. The average Bonchev–Trinajstić information content (AvgIpc) is 2.55. The van der Waals surface area contributed by atoms with E-state index in [1.54, 1.807) is 18.2 Å². The Bertz CT molecular complexity index is 602. The smallest absolute Gasteiger partial charge is 0.138 e. The van der Waals surface area contributed by atoms with E-state index >= 15 is 0 Å². The topological polar surface area (TPSA) is 30.5 Å². The summed E-state index contributed by atoms with van der Waals surface area (Å²) in [6.45, 7) is 4.10. The van der Waals surface area contributed by atoms with Gasteiger partial charge in [0.2, 0.25) is 0 Å². The minimum atomic E-state index is 0.510. The van der Waals surface area contributed by atoms with Crippen molar-refractivity contribution in [3.63, 3.8) is 0 Å². The van der Waals surface area contributed by atoms with Crippen molar-refractivity contribution in [3.05, 3.63) is 52.5 Å². The molecule has 3 nitrogen and oxygen atoms in total. The molecule has 0 radical (unpaired) electrons. The van der Waals surface area contributed by atoms with Crippen molar-refractivity contribution in [3.8, 4) is 11.5 Å². The zero-order chi connectivity index (χ0) is 16.5. The van der Waals surface area contributed by atoms with Crippen molar-refractivity contribution in [1.82, 2.24) is 0 Å². The lowest BCUT2D eigenvalue weighted by molar-refractivity contribution is 0.309. The van der Waals surface area contributed by atoms with Crippen molar-refractivity contribution >= 4 is 28.9 Å². The Kier molecular flexibility index (Phi) is 7.37. The first kappa shape index (κ1) is 17.8. The molecule has 2 rings (SSSR count). The summed E-state index contributed by atoms with van der Waals surface area (Å²) in [7, 11) is 0. The van der Waals surface area contributed by atoms with Gasteiger partial charge in [-0.25, -0.2) is 0 Å². The van der Waals surface area contributed by atoms with Crippen LogP contribution in [0.4, 0.5) is 5.69 Å². The highest BCUT2D eigenvalue weighted by Gasteiger charge is 2.02. The van der Waals surface area contributed by atoms with Crippen molar-refractivity contribution in [1.29, 1.82) is 0 Å². The molecule has 0 aliphatic carbocycles. The highest BCUT2D eigenvalue weighted by molar-refractivity contribution is 6.35. The molecule has 2 aromatic rings. The third-order valence-corrected chi connectivity index (χ3v) is 3.73. The highest BCUT2D eigenvalue weighted by Crippen LogP contribution is 2.27. The number of unbranched alkanes of at least 4 members (excludes halogenated alkanes) is 1. The number of ether oxygens (including phenoxy) is 2. The molecule has 0 saturated carbocycles. The van der Waals surface area contributed by atoms with E-state index < -0.39 is 0 Å². The molecule has 0 aromatic heterocycles. The van der Waals surface area contributed by atoms with Gasteiger partial charge in [-0.3, -0.25) is 0 Å². The molecular weight excluding hydrogens is 333 g/mol. The molecule has 0 aliphatic rings. The normalized spacial score (nSPS) is 10.4. The largest absolute Gasteiger partial charge is 0.494 e. The molecule has 1 N–H and O–H groups in total. The van der Waals surface area contributed by atoms with E-state index in [1.165, 1.54) is 0 Å². The van der Waals surface area contributed by atoms with Crippen LogP contribution in [0.5, 0.6) is 11.5 Å². The Morgan fingerprint density at radius 3 is 2.43 bits per heavy atom. The van der Waals surface area contributed by atoms with E-state index in [1.807, 2.05) is 24.3 Å². The summed E-state index contributed by atoms with van der Waals surface area (Å²) in [4.78, 5) is 0. The Labute approximate surface area is 147 Å². The standard InChI is InChI=1S/C18H21Cl2NO2/c1-2-3-11-22-16-7-5-15(6-8-16)21-10-12-23-18-9-4-14(19)13-17(18)20/h4-9,13,21H,2-3,10-12H2,1H3. The molecule has 0 atom stereocenters. The lowest BCUT2D eigenvalue weighted by Gasteiger charge is -2.11. The van der Waals surface area contributed by atoms with E-state index in [0.717, 1.165) is 30.9 Å². The molecule has 0 fully saturated rings. The van der Waals surface area contributed by atoms with Gasteiger partial charge in [0.25, 0.3) is 0 Å². The van der Waals surface area contributed by atoms with Crippen LogP contribution < -0.4 is 14.8 Å². The SMILES string of the molecule is CCCCOc1ccc(NCCOc2ccc(Cl)cc2Cl)cc1. The van der Waals surface area contributed by atoms with Crippen LogP contribution in [0.15, 0.2) is 42.5 Å². The molecule has 0 aliphatic heterocycles. The summed E-state index contributed by atoms with van der Waals surface area (Å²) in [6, 6.07) is 13.1. The Balaban J connectivity index is 1.71. The Morgan fingerprint density at radius 1 is 0.957 bits per heavy atom. The maximum absolute atomic E-state index is 6.05. The molecular formula is C18H21Cl2NO2. The van der Waals surface area contributed by atoms with E-state index in [2.05, 4.69) is 12.2 Å². The second-order valence-electron chi connectivity index (χ2n) is 5.08. The van der Waals surface area contributed by atoms with Gasteiger partial charge in [-0.05, 0) is 48.9 Å². The molecule has 124 valence electrons. The monoisotopic (exact) mass is 353 g/mol. The number of nitrogens with one attached hydrogen (secondary N) is 1. The third kappa shape index (κ3) is 6.20. The van der Waals surface area contributed by atoms with Crippen LogP contribution in [0.25, 0.3) is 0 Å². The number of hydrogen-bond acceptors (Lipinski definition) is 3. The molecule has 0 unspecified atom stereocenters. The first-order valence-electron chi connectivity index (χ1n) is 7.73. The van der Waals surface area contributed by atoms with Gasteiger partial charge in [0.05, 0.1) is 11.6 Å². The molecule has 0 heterocycles. The van der Waals surface area contributed by atoms with Gasteiger partial charge < -0.3 is 14.8 Å². The van der Waals surface area contributed by atoms with Crippen LogP contribution >= 0.6 is 23.2 Å². The van der Waals surface area contributed by atoms with Crippen molar-refractivity contribution in [2.45, 2.75) is 19.8 Å². The second kappa shape index (κ2) is 9.53. The van der Waals surface area contributed by atoms with Gasteiger partial charge in [0.1, 0.15) is 18.1 Å². The van der Waals surface area contributed by atoms with Crippen LogP contribution in [0.2, 0.25) is 10.0 Å². The van der Waals surface area contributed by atoms with E-state index in [-0.39, 0.29) is 0 Å². The van der Waals surface area contributed by atoms with E-state index in [9.17, 15) is 0 Å². The quantitative estimate of drug-likeness (QED) is 0.589. The third-order valence-electron chi connectivity index (χ3n) is 3.20. The minimum absolute atomic E-state index is 0.510. The zero-order valence-electron chi connectivity index (χ0n) is 13.1. The zero-order valence-corrected chi connectivity index (χ0v) is 14.7. The van der Waals surface area contributed by atoms with Crippen LogP contribution in [0.1, 0.15) is 19.8 Å². The van der Waals surface area contributed by atoms with Crippen molar-refractivity contribution in [2.24, 2.45) is 0 Å². The average molecular weight is 354 g/mol. The van der Waals surface area contributed by atoms with Crippen LogP contribution in [-0.4, -0.2) is 19.8 Å². The Hall–Kier alpha value is -1.58. The molecule has 2 aromatic carbocycles. The molecule has 0 bridgehead atoms. The van der Waals surface area contributed by atoms with Crippen molar-refractivity contribution in [2.75, 3.05) is 25.1 Å². The van der Waals surface area contributed by atoms with Gasteiger partial charge in [0.15, 0.2) is 0 Å². The van der Waals surface area contributed by atoms with Gasteiger partial charge in [-0.15, -0.1) is 0 Å². The van der Waals surface area contributed by atoms with Crippen LogP contribution in [0, 0.1) is 0 Å². The fraction of sp³-hybridized carbons (Fsp3) is 0.333. The fourth-order valence-electron chi connectivity index (χ4n) is 1.95. The fourth-order valence-corrected chi connectivity index (χ4v) is 2.42. The van der Waals surface area contributed by atoms with Gasteiger partial charge in [-0.1, -0.05) is 36.5 Å². The number of hydrogen-bond donors (Lipinski definition) is 1. The number of halogens is 2. The molecule has 5 heteroatoms. The number of rotatable bonds is 9. The summed E-state index contributed by atoms with van der Waals surface area (Å²) < 4.78 is 11.3.